The first kappa shape index (κ1) is 17.9. The van der Waals surface area contributed by atoms with Gasteiger partial charge in [-0.3, -0.25) is 9.69 Å². The largest absolute Gasteiger partial charge is 0.370 e. The highest BCUT2D eigenvalue weighted by atomic mass is 32.2. The number of hydrogen-bond donors (Lipinski definition) is 1. The fourth-order valence-corrected chi connectivity index (χ4v) is 3.79. The lowest BCUT2D eigenvalue weighted by atomic mass is 10.1. The Morgan fingerprint density at radius 2 is 1.78 bits per heavy atom. The molecule has 1 aliphatic rings. The van der Waals surface area contributed by atoms with Gasteiger partial charge in [-0.1, -0.05) is 31.2 Å². The molecule has 0 saturated heterocycles. The number of aryl methyl sites for hydroxylation is 1. The zero-order valence-electron chi connectivity index (χ0n) is 13.7. The van der Waals surface area contributed by atoms with Gasteiger partial charge in [-0.2, -0.15) is 0 Å². The standard InChI is InChI=1S/C17H26N2O3S/c1-2-14-3-5-15(6-4-14)13-19(16-7-8-16)10-12-23(21,22)11-9-17(18)20/h3-6,16H,2,7-13H2,1H3,(H2,18,20). The predicted molar refractivity (Wildman–Crippen MR) is 91.7 cm³/mol. The number of rotatable bonds is 10. The molecule has 1 aliphatic carbocycles. The summed E-state index contributed by atoms with van der Waals surface area (Å²) in [6, 6.07) is 8.99. The highest BCUT2D eigenvalue weighted by Gasteiger charge is 2.29. The summed E-state index contributed by atoms with van der Waals surface area (Å²) in [7, 11) is -3.22. The molecule has 1 saturated carbocycles. The second-order valence-corrected chi connectivity index (χ2v) is 8.54. The summed E-state index contributed by atoms with van der Waals surface area (Å²) in [4.78, 5) is 13.0. The van der Waals surface area contributed by atoms with Crippen LogP contribution in [-0.2, 0) is 27.6 Å². The molecule has 2 rings (SSSR count). The Kier molecular flexibility index (Phi) is 6.18. The lowest BCUT2D eigenvalue weighted by molar-refractivity contribution is -0.117. The Balaban J connectivity index is 1.90. The zero-order valence-corrected chi connectivity index (χ0v) is 14.5. The van der Waals surface area contributed by atoms with Crippen molar-refractivity contribution in [2.24, 2.45) is 5.73 Å². The minimum Gasteiger partial charge on any atom is -0.370 e. The summed E-state index contributed by atoms with van der Waals surface area (Å²) >= 11 is 0. The van der Waals surface area contributed by atoms with E-state index < -0.39 is 15.7 Å². The van der Waals surface area contributed by atoms with Crippen molar-refractivity contribution >= 4 is 15.7 Å². The van der Waals surface area contributed by atoms with Crippen LogP contribution in [0.4, 0.5) is 0 Å². The fraction of sp³-hybridized carbons (Fsp3) is 0.588. The SMILES string of the molecule is CCc1ccc(CN(CCS(=O)(=O)CCC(N)=O)C2CC2)cc1. The molecule has 1 aromatic carbocycles. The molecule has 5 nitrogen and oxygen atoms in total. The molecule has 0 bridgehead atoms. The summed E-state index contributed by atoms with van der Waals surface area (Å²) in [5.41, 5.74) is 7.54. The summed E-state index contributed by atoms with van der Waals surface area (Å²) in [5, 5.41) is 0. The Hall–Kier alpha value is -1.40. The van der Waals surface area contributed by atoms with E-state index in [0.717, 1.165) is 25.8 Å². The van der Waals surface area contributed by atoms with Gasteiger partial charge in [0.1, 0.15) is 0 Å². The number of hydrogen-bond acceptors (Lipinski definition) is 4. The number of carbonyl (C=O) groups is 1. The first-order valence-electron chi connectivity index (χ1n) is 8.20. The van der Waals surface area contributed by atoms with Gasteiger partial charge in [-0.05, 0) is 30.4 Å². The minimum absolute atomic E-state index is 0.0871. The quantitative estimate of drug-likeness (QED) is 0.701. The first-order chi connectivity index (χ1) is 10.9. The van der Waals surface area contributed by atoms with Gasteiger partial charge in [-0.25, -0.2) is 8.42 Å². The maximum absolute atomic E-state index is 12.0. The van der Waals surface area contributed by atoms with E-state index in [1.54, 1.807) is 0 Å². The maximum atomic E-state index is 12.0. The van der Waals surface area contributed by atoms with Gasteiger partial charge in [0.15, 0.2) is 9.84 Å². The minimum atomic E-state index is -3.22. The van der Waals surface area contributed by atoms with Crippen LogP contribution in [0.2, 0.25) is 0 Å². The Bertz CT molecular complexity index is 622. The van der Waals surface area contributed by atoms with Crippen LogP contribution >= 0.6 is 0 Å². The van der Waals surface area contributed by atoms with Crippen molar-refractivity contribution in [2.75, 3.05) is 18.1 Å². The van der Waals surface area contributed by atoms with Crippen LogP contribution in [0, 0.1) is 0 Å². The number of sulfone groups is 1. The van der Waals surface area contributed by atoms with E-state index in [0.29, 0.717) is 12.6 Å². The molecule has 0 atom stereocenters. The van der Waals surface area contributed by atoms with Gasteiger partial charge < -0.3 is 5.73 Å². The number of nitrogens with two attached hydrogens (primary N) is 1. The predicted octanol–water partition coefficient (Wildman–Crippen LogP) is 1.50. The van der Waals surface area contributed by atoms with Gasteiger partial charge in [-0.15, -0.1) is 0 Å². The topological polar surface area (TPSA) is 80.5 Å². The monoisotopic (exact) mass is 338 g/mol. The molecule has 0 spiro atoms. The van der Waals surface area contributed by atoms with Crippen molar-refractivity contribution in [3.63, 3.8) is 0 Å². The lowest BCUT2D eigenvalue weighted by Crippen LogP contribution is -2.32. The number of benzene rings is 1. The highest BCUT2D eigenvalue weighted by molar-refractivity contribution is 7.91. The molecule has 23 heavy (non-hydrogen) atoms. The molecule has 1 aromatic rings. The van der Waals surface area contributed by atoms with Gasteiger partial charge in [0.05, 0.1) is 11.5 Å². The van der Waals surface area contributed by atoms with E-state index in [4.69, 9.17) is 5.73 Å². The molecular weight excluding hydrogens is 312 g/mol. The second kappa shape index (κ2) is 7.93. The zero-order chi connectivity index (χ0) is 16.9. The molecule has 128 valence electrons. The van der Waals surface area contributed by atoms with Crippen LogP contribution < -0.4 is 5.73 Å². The first-order valence-corrected chi connectivity index (χ1v) is 10.0. The molecule has 0 aromatic heterocycles. The number of amides is 1. The molecule has 0 aliphatic heterocycles. The number of primary amides is 1. The molecule has 1 fully saturated rings. The summed E-state index contributed by atoms with van der Waals surface area (Å²) < 4.78 is 24.0. The van der Waals surface area contributed by atoms with E-state index in [1.165, 1.54) is 11.1 Å². The van der Waals surface area contributed by atoms with Crippen molar-refractivity contribution in [2.45, 2.75) is 45.2 Å². The third-order valence-electron chi connectivity index (χ3n) is 4.23. The highest BCUT2D eigenvalue weighted by Crippen LogP contribution is 2.28. The van der Waals surface area contributed by atoms with Crippen LogP contribution in [-0.4, -0.2) is 43.3 Å². The average Bonchev–Trinajstić information content (AvgIpc) is 3.35. The molecule has 6 heteroatoms. The molecule has 0 radical (unpaired) electrons. The van der Waals surface area contributed by atoms with Crippen molar-refractivity contribution in [3.05, 3.63) is 35.4 Å². The van der Waals surface area contributed by atoms with E-state index in [9.17, 15) is 13.2 Å². The third-order valence-corrected chi connectivity index (χ3v) is 5.86. The van der Waals surface area contributed by atoms with Crippen LogP contribution in [0.15, 0.2) is 24.3 Å². The van der Waals surface area contributed by atoms with Crippen LogP contribution in [0.3, 0.4) is 0 Å². The van der Waals surface area contributed by atoms with Crippen LogP contribution in [0.1, 0.15) is 37.3 Å². The van der Waals surface area contributed by atoms with Crippen molar-refractivity contribution in [1.29, 1.82) is 0 Å². The van der Waals surface area contributed by atoms with Gasteiger partial charge in [0, 0.05) is 25.6 Å². The summed E-state index contributed by atoms with van der Waals surface area (Å²) in [6.45, 7) is 3.42. The fourth-order valence-electron chi connectivity index (χ4n) is 2.56. The molecule has 0 heterocycles. The lowest BCUT2D eigenvalue weighted by Gasteiger charge is -2.22. The van der Waals surface area contributed by atoms with Crippen LogP contribution in [0.5, 0.6) is 0 Å². The Morgan fingerprint density at radius 3 is 2.30 bits per heavy atom. The normalized spacial score (nSPS) is 15.0. The van der Waals surface area contributed by atoms with Crippen molar-refractivity contribution in [3.8, 4) is 0 Å². The number of carbonyl (C=O) groups excluding carboxylic acids is 1. The smallest absolute Gasteiger partial charge is 0.218 e. The van der Waals surface area contributed by atoms with E-state index in [-0.39, 0.29) is 17.9 Å². The molecule has 0 unspecified atom stereocenters. The summed E-state index contributed by atoms with van der Waals surface area (Å²) in [5.74, 6) is -0.626. The third kappa shape index (κ3) is 6.31. The van der Waals surface area contributed by atoms with Gasteiger partial charge in [0.25, 0.3) is 0 Å². The van der Waals surface area contributed by atoms with E-state index in [2.05, 4.69) is 36.1 Å². The Labute approximate surface area is 138 Å². The van der Waals surface area contributed by atoms with Crippen molar-refractivity contribution < 1.29 is 13.2 Å². The van der Waals surface area contributed by atoms with Gasteiger partial charge in [0.2, 0.25) is 5.91 Å². The van der Waals surface area contributed by atoms with E-state index in [1.807, 2.05) is 0 Å². The number of nitrogens with zero attached hydrogens (tertiary/aromatic N) is 1. The molecular formula is C17H26N2O3S. The van der Waals surface area contributed by atoms with Crippen LogP contribution in [0.25, 0.3) is 0 Å². The molecule has 1 amide bonds. The second-order valence-electron chi connectivity index (χ2n) is 6.24. The summed E-state index contributed by atoms with van der Waals surface area (Å²) in [6.07, 6.45) is 3.19. The van der Waals surface area contributed by atoms with E-state index >= 15 is 0 Å². The van der Waals surface area contributed by atoms with Gasteiger partial charge >= 0.3 is 0 Å². The average molecular weight is 338 g/mol. The molecule has 2 N–H and O–H groups in total. The van der Waals surface area contributed by atoms with Crippen molar-refractivity contribution in [1.82, 2.24) is 4.90 Å². The Morgan fingerprint density at radius 1 is 1.17 bits per heavy atom. The maximum Gasteiger partial charge on any atom is 0.218 e.